The Kier molecular flexibility index (Phi) is 3.38. The molecule has 1 unspecified atom stereocenters. The number of rotatable bonds is 4. The van der Waals surface area contributed by atoms with Crippen molar-refractivity contribution in [3.05, 3.63) is 0 Å². The van der Waals surface area contributed by atoms with E-state index in [1.807, 2.05) is 19.0 Å². The lowest BCUT2D eigenvalue weighted by atomic mass is 10.2. The summed E-state index contributed by atoms with van der Waals surface area (Å²) in [6.07, 6.45) is 2.60. The minimum Gasteiger partial charge on any atom is -0.481 e. The third-order valence-corrected chi connectivity index (χ3v) is 3.66. The summed E-state index contributed by atoms with van der Waals surface area (Å²) < 4.78 is 0. The fourth-order valence-electron chi connectivity index (χ4n) is 2.69. The van der Waals surface area contributed by atoms with Gasteiger partial charge in [0.2, 0.25) is 5.91 Å². The summed E-state index contributed by atoms with van der Waals surface area (Å²) >= 11 is 0. The van der Waals surface area contributed by atoms with Gasteiger partial charge < -0.3 is 14.9 Å². The van der Waals surface area contributed by atoms with E-state index in [9.17, 15) is 9.59 Å². The zero-order valence-electron chi connectivity index (χ0n) is 10.4. The van der Waals surface area contributed by atoms with E-state index in [0.29, 0.717) is 6.42 Å². The molecule has 96 valence electrons. The van der Waals surface area contributed by atoms with Crippen molar-refractivity contribution in [1.82, 2.24) is 9.80 Å². The Labute approximate surface area is 101 Å². The largest absolute Gasteiger partial charge is 0.481 e. The molecule has 1 amide bonds. The molecule has 0 aromatic rings. The van der Waals surface area contributed by atoms with Crippen LogP contribution in [-0.2, 0) is 9.59 Å². The van der Waals surface area contributed by atoms with Gasteiger partial charge in [0.15, 0.2) is 0 Å². The van der Waals surface area contributed by atoms with Gasteiger partial charge in [0, 0.05) is 19.1 Å². The molecular formula is C12H20N2O3. The predicted molar refractivity (Wildman–Crippen MR) is 62.5 cm³/mol. The summed E-state index contributed by atoms with van der Waals surface area (Å²) in [6, 6.07) is 0.271. The van der Waals surface area contributed by atoms with Crippen molar-refractivity contribution in [3.8, 4) is 0 Å². The third kappa shape index (κ3) is 2.60. The fraction of sp³-hybridized carbons (Fsp3) is 0.833. The van der Waals surface area contributed by atoms with Crippen LogP contribution in [0.5, 0.6) is 0 Å². The normalized spacial score (nSPS) is 31.9. The molecule has 5 nitrogen and oxygen atoms in total. The Bertz CT molecular complexity index is 330. The Morgan fingerprint density at radius 1 is 1.35 bits per heavy atom. The van der Waals surface area contributed by atoms with Crippen LogP contribution in [0.3, 0.4) is 0 Å². The molecule has 1 heterocycles. The molecule has 0 aromatic carbocycles. The van der Waals surface area contributed by atoms with Gasteiger partial charge in [-0.15, -0.1) is 0 Å². The highest BCUT2D eigenvalue weighted by atomic mass is 16.4. The lowest BCUT2D eigenvalue weighted by molar-refractivity contribution is -0.142. The fourth-order valence-corrected chi connectivity index (χ4v) is 2.69. The number of nitrogens with zero attached hydrogens (tertiary/aromatic N) is 2. The Hall–Kier alpha value is -1.10. The molecule has 1 aliphatic heterocycles. The molecule has 0 aromatic heterocycles. The van der Waals surface area contributed by atoms with Gasteiger partial charge in [0.1, 0.15) is 0 Å². The van der Waals surface area contributed by atoms with Gasteiger partial charge in [0.05, 0.1) is 11.8 Å². The summed E-state index contributed by atoms with van der Waals surface area (Å²) in [5.74, 6) is -1.45. The van der Waals surface area contributed by atoms with Crippen LogP contribution in [0, 0.1) is 11.8 Å². The van der Waals surface area contributed by atoms with E-state index in [2.05, 4.69) is 4.90 Å². The molecule has 2 rings (SSSR count). The molecule has 3 atom stereocenters. The average Bonchev–Trinajstić information content (AvgIpc) is 2.92. The summed E-state index contributed by atoms with van der Waals surface area (Å²) in [5, 5.41) is 8.85. The van der Waals surface area contributed by atoms with Gasteiger partial charge >= 0.3 is 5.97 Å². The molecular weight excluding hydrogens is 220 g/mol. The first-order chi connectivity index (χ1) is 8.00. The lowest BCUT2D eigenvalue weighted by Gasteiger charge is -2.27. The van der Waals surface area contributed by atoms with Crippen molar-refractivity contribution >= 4 is 11.9 Å². The molecule has 0 radical (unpaired) electrons. The van der Waals surface area contributed by atoms with E-state index < -0.39 is 11.9 Å². The van der Waals surface area contributed by atoms with Crippen molar-refractivity contribution in [3.63, 3.8) is 0 Å². The summed E-state index contributed by atoms with van der Waals surface area (Å²) in [6.45, 7) is 1.66. The van der Waals surface area contributed by atoms with Gasteiger partial charge in [-0.3, -0.25) is 9.59 Å². The van der Waals surface area contributed by atoms with Gasteiger partial charge in [0.25, 0.3) is 0 Å². The van der Waals surface area contributed by atoms with Crippen molar-refractivity contribution in [2.24, 2.45) is 11.8 Å². The van der Waals surface area contributed by atoms with Crippen LogP contribution in [-0.4, -0.2) is 60.0 Å². The van der Waals surface area contributed by atoms with Crippen LogP contribution in [0.2, 0.25) is 0 Å². The Morgan fingerprint density at radius 3 is 2.59 bits per heavy atom. The smallest absolute Gasteiger partial charge is 0.307 e. The van der Waals surface area contributed by atoms with Gasteiger partial charge in [-0.05, 0) is 33.4 Å². The number of amides is 1. The van der Waals surface area contributed by atoms with Crippen molar-refractivity contribution < 1.29 is 14.7 Å². The molecule has 1 N–H and O–H groups in total. The van der Waals surface area contributed by atoms with Crippen LogP contribution in [0.25, 0.3) is 0 Å². The standard InChI is InChI=1S/C12H20N2O3/c1-13(2)7-8-4-3-5-14(8)11(15)9-6-10(9)12(16)17/h8-10H,3-7H2,1-2H3,(H,16,17)/t8?,9-,10+/m1/s1. The number of likely N-dealkylation sites (tertiary alicyclic amines) is 1. The SMILES string of the molecule is CN(C)CC1CCCN1C(=O)[C@@H]1C[C@@H]1C(=O)O. The van der Waals surface area contributed by atoms with E-state index >= 15 is 0 Å². The number of carboxylic acids is 1. The molecule has 1 aliphatic carbocycles. The molecule has 0 spiro atoms. The van der Waals surface area contributed by atoms with Gasteiger partial charge in [-0.2, -0.15) is 0 Å². The number of carbonyl (C=O) groups excluding carboxylic acids is 1. The van der Waals surface area contributed by atoms with E-state index in [1.165, 1.54) is 0 Å². The maximum absolute atomic E-state index is 12.2. The summed E-state index contributed by atoms with van der Waals surface area (Å²) in [5.41, 5.74) is 0. The van der Waals surface area contributed by atoms with Crippen molar-refractivity contribution in [1.29, 1.82) is 0 Å². The van der Waals surface area contributed by atoms with E-state index in [-0.39, 0.29) is 17.9 Å². The number of aliphatic carboxylic acids is 1. The van der Waals surface area contributed by atoms with Crippen molar-refractivity contribution in [2.75, 3.05) is 27.2 Å². The quantitative estimate of drug-likeness (QED) is 0.765. The zero-order chi connectivity index (χ0) is 12.6. The Morgan fingerprint density at radius 2 is 2.06 bits per heavy atom. The first-order valence-electron chi connectivity index (χ1n) is 6.18. The number of hydrogen-bond donors (Lipinski definition) is 1. The lowest BCUT2D eigenvalue weighted by Crippen LogP contribution is -2.42. The highest BCUT2D eigenvalue weighted by Gasteiger charge is 2.51. The number of likely N-dealkylation sites (N-methyl/N-ethyl adjacent to an activating group) is 1. The molecule has 1 saturated heterocycles. The van der Waals surface area contributed by atoms with Gasteiger partial charge in [-0.25, -0.2) is 0 Å². The monoisotopic (exact) mass is 240 g/mol. The first kappa shape index (κ1) is 12.4. The first-order valence-corrected chi connectivity index (χ1v) is 6.18. The topological polar surface area (TPSA) is 60.9 Å². The van der Waals surface area contributed by atoms with Crippen LogP contribution < -0.4 is 0 Å². The summed E-state index contributed by atoms with van der Waals surface area (Å²) in [4.78, 5) is 26.9. The average molecular weight is 240 g/mol. The zero-order valence-corrected chi connectivity index (χ0v) is 10.4. The molecule has 5 heteroatoms. The number of carbonyl (C=O) groups is 2. The van der Waals surface area contributed by atoms with Crippen LogP contribution in [0.1, 0.15) is 19.3 Å². The van der Waals surface area contributed by atoms with E-state index in [0.717, 1.165) is 25.9 Å². The second kappa shape index (κ2) is 4.64. The third-order valence-electron chi connectivity index (χ3n) is 3.66. The van der Waals surface area contributed by atoms with Crippen molar-refractivity contribution in [2.45, 2.75) is 25.3 Å². The highest BCUT2D eigenvalue weighted by Crippen LogP contribution is 2.41. The van der Waals surface area contributed by atoms with Crippen LogP contribution in [0.15, 0.2) is 0 Å². The van der Waals surface area contributed by atoms with Crippen LogP contribution in [0.4, 0.5) is 0 Å². The Balaban J connectivity index is 1.93. The molecule has 2 aliphatic rings. The highest BCUT2D eigenvalue weighted by molar-refractivity contribution is 5.89. The molecule has 1 saturated carbocycles. The van der Waals surface area contributed by atoms with E-state index in [1.54, 1.807) is 0 Å². The molecule has 2 fully saturated rings. The number of hydrogen-bond acceptors (Lipinski definition) is 3. The van der Waals surface area contributed by atoms with Crippen LogP contribution >= 0.6 is 0 Å². The van der Waals surface area contributed by atoms with Gasteiger partial charge in [-0.1, -0.05) is 0 Å². The predicted octanol–water partition coefficient (Wildman–Crippen LogP) is 0.260. The number of carboxylic acid groups (broad SMARTS) is 1. The molecule has 17 heavy (non-hydrogen) atoms. The summed E-state index contributed by atoms with van der Waals surface area (Å²) in [7, 11) is 4.00. The maximum Gasteiger partial charge on any atom is 0.307 e. The second-order valence-electron chi connectivity index (χ2n) is 5.38. The minimum atomic E-state index is -0.827. The maximum atomic E-state index is 12.2. The minimum absolute atomic E-state index is 0.0572. The second-order valence-corrected chi connectivity index (χ2v) is 5.38. The molecule has 0 bridgehead atoms. The van der Waals surface area contributed by atoms with E-state index in [4.69, 9.17) is 5.11 Å².